The Hall–Kier alpha value is -3.55. The fourth-order valence-corrected chi connectivity index (χ4v) is 2.12. The number of rotatable bonds is 5. The van der Waals surface area contributed by atoms with Crippen LogP contribution in [0.1, 0.15) is 21.8 Å². The highest BCUT2D eigenvalue weighted by Crippen LogP contribution is 2.28. The second-order valence-corrected chi connectivity index (χ2v) is 5.11. The number of aromatic nitrogens is 2. The van der Waals surface area contributed by atoms with Crippen LogP contribution in [0.2, 0.25) is 0 Å². The van der Waals surface area contributed by atoms with Crippen molar-refractivity contribution >= 4 is 18.1 Å². The number of imidazole rings is 1. The van der Waals surface area contributed by atoms with E-state index in [1.807, 2.05) is 6.92 Å². The molecule has 3 rings (SSSR count). The van der Waals surface area contributed by atoms with Gasteiger partial charge in [-0.2, -0.15) is 5.10 Å². The van der Waals surface area contributed by atoms with Crippen LogP contribution in [0.3, 0.4) is 0 Å². The van der Waals surface area contributed by atoms with Gasteiger partial charge in [0.1, 0.15) is 0 Å². The molecule has 3 aromatic rings. The third kappa shape index (κ3) is 3.69. The minimum absolute atomic E-state index is 0.110. The Labute approximate surface area is 143 Å². The predicted molar refractivity (Wildman–Crippen MR) is 91.0 cm³/mol. The number of benzene rings is 1. The second kappa shape index (κ2) is 6.91. The van der Waals surface area contributed by atoms with Gasteiger partial charge in [-0.15, -0.1) is 0 Å². The van der Waals surface area contributed by atoms with Crippen molar-refractivity contribution in [3.8, 4) is 11.5 Å². The van der Waals surface area contributed by atoms with Crippen LogP contribution in [0, 0.1) is 6.92 Å². The summed E-state index contributed by atoms with van der Waals surface area (Å²) in [6.07, 6.45) is 4.71. The molecule has 1 aromatic carbocycles. The number of carbonyl (C=O) groups excluding carboxylic acids is 1. The van der Waals surface area contributed by atoms with Gasteiger partial charge in [-0.1, -0.05) is 0 Å². The van der Waals surface area contributed by atoms with Crippen LogP contribution >= 0.6 is 0 Å². The number of nitrogens with zero attached hydrogens (tertiary/aromatic N) is 3. The lowest BCUT2D eigenvalue weighted by atomic mass is 10.2. The first-order valence-corrected chi connectivity index (χ1v) is 7.36. The van der Waals surface area contributed by atoms with Crippen molar-refractivity contribution in [2.24, 2.45) is 5.10 Å². The predicted octanol–water partition coefficient (Wildman–Crippen LogP) is 2.48. The molecule has 0 saturated carbocycles. The number of carbonyl (C=O) groups is 1. The quantitative estimate of drug-likeness (QED) is 0.434. The van der Waals surface area contributed by atoms with Crippen LogP contribution < -0.4 is 15.2 Å². The number of anilines is 1. The van der Waals surface area contributed by atoms with E-state index in [2.05, 4.69) is 10.1 Å². The highest BCUT2D eigenvalue weighted by molar-refractivity contribution is 5.89. The first-order chi connectivity index (χ1) is 12.1. The lowest BCUT2D eigenvalue weighted by molar-refractivity contribution is 0.0696. The van der Waals surface area contributed by atoms with Gasteiger partial charge in [-0.3, -0.25) is 0 Å². The SMILES string of the molecule is COc1cc(C=Nn2cc(C)nc2N)ccc1OC(=O)c1ccco1. The van der Waals surface area contributed by atoms with Crippen LogP contribution in [-0.2, 0) is 0 Å². The molecular formula is C17H16N4O4. The van der Waals surface area contributed by atoms with Crippen molar-refractivity contribution in [2.45, 2.75) is 6.92 Å². The molecule has 2 aromatic heterocycles. The normalized spacial score (nSPS) is 11.0. The standard InChI is InChI=1S/C17H16N4O4/c1-11-10-21(17(18)20-11)19-9-12-5-6-13(15(8-12)23-2)25-16(22)14-4-3-7-24-14/h3-10H,1-2H3,(H2,18,20). The smallest absolute Gasteiger partial charge is 0.379 e. The van der Waals surface area contributed by atoms with E-state index in [4.69, 9.17) is 19.6 Å². The molecule has 0 radical (unpaired) electrons. The van der Waals surface area contributed by atoms with Crippen molar-refractivity contribution in [3.05, 3.63) is 59.8 Å². The summed E-state index contributed by atoms with van der Waals surface area (Å²) in [4.78, 5) is 16.0. The summed E-state index contributed by atoms with van der Waals surface area (Å²) in [6, 6.07) is 8.17. The summed E-state index contributed by atoms with van der Waals surface area (Å²) in [5, 5.41) is 4.23. The molecule has 8 heteroatoms. The van der Waals surface area contributed by atoms with Gasteiger partial charge in [0.2, 0.25) is 11.7 Å². The maximum absolute atomic E-state index is 12.0. The average molecular weight is 340 g/mol. The van der Waals surface area contributed by atoms with Gasteiger partial charge in [0.25, 0.3) is 0 Å². The topological polar surface area (TPSA) is 105 Å². The second-order valence-electron chi connectivity index (χ2n) is 5.11. The third-order valence-corrected chi connectivity index (χ3v) is 3.28. The van der Waals surface area contributed by atoms with Crippen LogP contribution in [0.5, 0.6) is 11.5 Å². The summed E-state index contributed by atoms with van der Waals surface area (Å²) < 4.78 is 17.0. The third-order valence-electron chi connectivity index (χ3n) is 3.28. The fourth-order valence-electron chi connectivity index (χ4n) is 2.12. The van der Waals surface area contributed by atoms with Crippen molar-refractivity contribution in [3.63, 3.8) is 0 Å². The molecule has 8 nitrogen and oxygen atoms in total. The molecule has 0 atom stereocenters. The zero-order valence-corrected chi connectivity index (χ0v) is 13.7. The van der Waals surface area contributed by atoms with E-state index in [1.165, 1.54) is 24.1 Å². The van der Waals surface area contributed by atoms with Gasteiger partial charge in [-0.25, -0.2) is 14.5 Å². The molecule has 0 aliphatic carbocycles. The van der Waals surface area contributed by atoms with Gasteiger partial charge in [0.05, 0.1) is 31.5 Å². The number of nitrogen functional groups attached to an aromatic ring is 1. The van der Waals surface area contributed by atoms with Gasteiger partial charge in [0, 0.05) is 0 Å². The number of aryl methyl sites for hydroxylation is 1. The molecule has 0 bridgehead atoms. The van der Waals surface area contributed by atoms with Crippen molar-refractivity contribution in [1.29, 1.82) is 0 Å². The Morgan fingerprint density at radius 3 is 2.84 bits per heavy atom. The van der Waals surface area contributed by atoms with Crippen molar-refractivity contribution in [2.75, 3.05) is 12.8 Å². The Bertz CT molecular complexity index is 913. The Balaban J connectivity index is 1.79. The molecule has 0 saturated heterocycles. The van der Waals surface area contributed by atoms with E-state index >= 15 is 0 Å². The number of hydrogen-bond donors (Lipinski definition) is 1. The summed E-state index contributed by atoms with van der Waals surface area (Å²) in [5.41, 5.74) is 7.24. The molecular weight excluding hydrogens is 324 g/mol. The maximum Gasteiger partial charge on any atom is 0.379 e. The van der Waals surface area contributed by atoms with Crippen molar-refractivity contribution < 1.29 is 18.7 Å². The largest absolute Gasteiger partial charge is 0.493 e. The lowest BCUT2D eigenvalue weighted by Crippen LogP contribution is -2.08. The number of furan rings is 1. The summed E-state index contributed by atoms with van der Waals surface area (Å²) in [6.45, 7) is 1.83. The fraction of sp³-hybridized carbons (Fsp3) is 0.118. The Morgan fingerprint density at radius 1 is 1.36 bits per heavy atom. The summed E-state index contributed by atoms with van der Waals surface area (Å²) in [7, 11) is 1.48. The average Bonchev–Trinajstić information content (AvgIpc) is 3.23. The highest BCUT2D eigenvalue weighted by atomic mass is 16.6. The molecule has 0 unspecified atom stereocenters. The molecule has 128 valence electrons. The summed E-state index contributed by atoms with van der Waals surface area (Å²) >= 11 is 0. The number of nitrogens with two attached hydrogens (primary N) is 1. The van der Waals surface area contributed by atoms with Gasteiger partial charge in [0.15, 0.2) is 11.5 Å². The lowest BCUT2D eigenvalue weighted by Gasteiger charge is -2.09. The number of esters is 1. The zero-order valence-electron chi connectivity index (χ0n) is 13.7. The van der Waals surface area contributed by atoms with E-state index in [1.54, 1.807) is 36.7 Å². The van der Waals surface area contributed by atoms with E-state index in [-0.39, 0.29) is 11.5 Å². The summed E-state index contributed by atoms with van der Waals surface area (Å²) in [5.74, 6) is 0.465. The monoisotopic (exact) mass is 340 g/mol. The minimum Gasteiger partial charge on any atom is -0.493 e. The van der Waals surface area contributed by atoms with Gasteiger partial charge in [-0.05, 0) is 42.8 Å². The van der Waals surface area contributed by atoms with Gasteiger partial charge >= 0.3 is 5.97 Å². The van der Waals surface area contributed by atoms with Gasteiger partial charge < -0.3 is 19.6 Å². The Kier molecular flexibility index (Phi) is 4.51. The molecule has 0 aliphatic rings. The molecule has 2 N–H and O–H groups in total. The molecule has 0 amide bonds. The molecule has 0 spiro atoms. The zero-order chi connectivity index (χ0) is 17.8. The minimum atomic E-state index is -0.605. The van der Waals surface area contributed by atoms with Crippen molar-refractivity contribution in [1.82, 2.24) is 9.66 Å². The van der Waals surface area contributed by atoms with Crippen LogP contribution in [0.4, 0.5) is 5.95 Å². The number of methoxy groups -OCH3 is 1. The van der Waals surface area contributed by atoms with E-state index in [9.17, 15) is 4.79 Å². The molecule has 0 aliphatic heterocycles. The van der Waals surface area contributed by atoms with E-state index in [0.717, 1.165) is 11.3 Å². The van der Waals surface area contributed by atoms with E-state index in [0.29, 0.717) is 11.7 Å². The van der Waals surface area contributed by atoms with Crippen LogP contribution in [0.15, 0.2) is 52.3 Å². The maximum atomic E-state index is 12.0. The van der Waals surface area contributed by atoms with Crippen LogP contribution in [-0.4, -0.2) is 29.0 Å². The first kappa shape index (κ1) is 16.3. The number of hydrogen-bond acceptors (Lipinski definition) is 7. The molecule has 0 fully saturated rings. The number of ether oxygens (including phenoxy) is 2. The highest BCUT2D eigenvalue weighted by Gasteiger charge is 2.14. The molecule has 25 heavy (non-hydrogen) atoms. The Morgan fingerprint density at radius 2 is 2.20 bits per heavy atom. The first-order valence-electron chi connectivity index (χ1n) is 7.36. The van der Waals surface area contributed by atoms with Crippen LogP contribution in [0.25, 0.3) is 0 Å². The van der Waals surface area contributed by atoms with E-state index < -0.39 is 5.97 Å². The molecule has 2 heterocycles.